The smallest absolute Gasteiger partial charge is 0.0465 e. The van der Waals surface area contributed by atoms with Crippen molar-refractivity contribution in [1.82, 2.24) is 10.3 Å². The Morgan fingerprint density at radius 2 is 1.67 bits per heavy atom. The summed E-state index contributed by atoms with van der Waals surface area (Å²) < 4.78 is 0. The van der Waals surface area contributed by atoms with Gasteiger partial charge in [-0.2, -0.15) is 0 Å². The van der Waals surface area contributed by atoms with Crippen molar-refractivity contribution in [2.75, 3.05) is 6.54 Å². The predicted octanol–water partition coefficient (Wildman–Crippen LogP) is 3.72. The van der Waals surface area contributed by atoms with E-state index in [9.17, 15) is 0 Å². The summed E-state index contributed by atoms with van der Waals surface area (Å²) in [5.41, 5.74) is 2.22. The van der Waals surface area contributed by atoms with E-state index < -0.39 is 0 Å². The number of pyridine rings is 1. The number of nitrogens with zero attached hydrogens (tertiary/aromatic N) is 1. The standard InChI is InChI=1S/C14H14Cl2N2/c15-13-2-1-3-14(16)12(13)10-18-9-6-11-4-7-17-8-5-11/h1-5,7-8,18H,6,9-10H2. The van der Waals surface area contributed by atoms with E-state index in [1.807, 2.05) is 30.3 Å². The Kier molecular flexibility index (Phi) is 5.00. The van der Waals surface area contributed by atoms with Crippen LogP contribution in [-0.4, -0.2) is 11.5 Å². The molecular weight excluding hydrogens is 267 g/mol. The van der Waals surface area contributed by atoms with Crippen molar-refractivity contribution in [2.45, 2.75) is 13.0 Å². The predicted molar refractivity (Wildman–Crippen MR) is 76.1 cm³/mol. The Hall–Kier alpha value is -1.09. The van der Waals surface area contributed by atoms with Crippen molar-refractivity contribution in [3.63, 3.8) is 0 Å². The van der Waals surface area contributed by atoms with Gasteiger partial charge < -0.3 is 5.32 Å². The molecule has 0 bridgehead atoms. The SMILES string of the molecule is Clc1cccc(Cl)c1CNCCc1ccncc1. The Balaban J connectivity index is 1.82. The molecule has 0 aliphatic rings. The topological polar surface area (TPSA) is 24.9 Å². The molecule has 0 unspecified atom stereocenters. The first-order valence-electron chi connectivity index (χ1n) is 5.80. The van der Waals surface area contributed by atoms with E-state index >= 15 is 0 Å². The normalized spacial score (nSPS) is 10.6. The molecule has 1 heterocycles. The summed E-state index contributed by atoms with van der Waals surface area (Å²) in [6, 6.07) is 9.60. The summed E-state index contributed by atoms with van der Waals surface area (Å²) in [6.07, 6.45) is 4.57. The van der Waals surface area contributed by atoms with Crippen LogP contribution in [0.3, 0.4) is 0 Å². The highest BCUT2D eigenvalue weighted by Gasteiger charge is 2.04. The molecule has 0 amide bonds. The maximum atomic E-state index is 6.09. The zero-order valence-corrected chi connectivity index (χ0v) is 11.4. The van der Waals surface area contributed by atoms with Gasteiger partial charge in [0.25, 0.3) is 0 Å². The molecule has 2 aromatic rings. The molecule has 0 fully saturated rings. The van der Waals surface area contributed by atoms with E-state index in [2.05, 4.69) is 10.3 Å². The van der Waals surface area contributed by atoms with Crippen molar-refractivity contribution in [2.24, 2.45) is 0 Å². The zero-order chi connectivity index (χ0) is 12.8. The molecule has 4 heteroatoms. The molecule has 0 saturated heterocycles. The Morgan fingerprint density at radius 3 is 2.33 bits per heavy atom. The third-order valence-electron chi connectivity index (χ3n) is 2.70. The molecular formula is C14H14Cl2N2. The van der Waals surface area contributed by atoms with Crippen LogP contribution in [0, 0.1) is 0 Å². The lowest BCUT2D eigenvalue weighted by atomic mass is 10.2. The van der Waals surface area contributed by atoms with Crippen LogP contribution in [0.5, 0.6) is 0 Å². The highest BCUT2D eigenvalue weighted by Crippen LogP contribution is 2.23. The van der Waals surface area contributed by atoms with E-state index in [0.29, 0.717) is 16.6 Å². The van der Waals surface area contributed by atoms with Gasteiger partial charge in [-0.05, 0) is 42.8 Å². The number of hydrogen-bond acceptors (Lipinski definition) is 2. The minimum Gasteiger partial charge on any atom is -0.312 e. The second-order valence-corrected chi connectivity index (χ2v) is 4.80. The minimum absolute atomic E-state index is 0.684. The quantitative estimate of drug-likeness (QED) is 0.845. The van der Waals surface area contributed by atoms with Gasteiger partial charge in [-0.15, -0.1) is 0 Å². The van der Waals surface area contributed by atoms with E-state index in [4.69, 9.17) is 23.2 Å². The van der Waals surface area contributed by atoms with Gasteiger partial charge in [0.05, 0.1) is 0 Å². The van der Waals surface area contributed by atoms with E-state index in [1.54, 1.807) is 12.4 Å². The molecule has 2 rings (SSSR count). The summed E-state index contributed by atoms with van der Waals surface area (Å²) >= 11 is 12.2. The molecule has 1 N–H and O–H groups in total. The summed E-state index contributed by atoms with van der Waals surface area (Å²) in [5, 5.41) is 4.76. The lowest BCUT2D eigenvalue weighted by Crippen LogP contribution is -2.17. The molecule has 18 heavy (non-hydrogen) atoms. The monoisotopic (exact) mass is 280 g/mol. The fraction of sp³-hybridized carbons (Fsp3) is 0.214. The molecule has 0 spiro atoms. The lowest BCUT2D eigenvalue weighted by Gasteiger charge is -2.08. The van der Waals surface area contributed by atoms with Crippen LogP contribution in [-0.2, 0) is 13.0 Å². The number of rotatable bonds is 5. The van der Waals surface area contributed by atoms with Crippen LogP contribution in [0.2, 0.25) is 10.0 Å². The van der Waals surface area contributed by atoms with E-state index in [-0.39, 0.29) is 0 Å². The minimum atomic E-state index is 0.684. The van der Waals surface area contributed by atoms with Gasteiger partial charge in [-0.3, -0.25) is 4.98 Å². The van der Waals surface area contributed by atoms with Crippen molar-refractivity contribution in [1.29, 1.82) is 0 Å². The molecule has 1 aromatic heterocycles. The second-order valence-electron chi connectivity index (χ2n) is 3.98. The summed E-state index contributed by atoms with van der Waals surface area (Å²) in [6.45, 7) is 1.56. The summed E-state index contributed by atoms with van der Waals surface area (Å²) in [4.78, 5) is 3.99. The summed E-state index contributed by atoms with van der Waals surface area (Å²) in [7, 11) is 0. The first-order valence-corrected chi connectivity index (χ1v) is 6.55. The van der Waals surface area contributed by atoms with E-state index in [0.717, 1.165) is 18.5 Å². The zero-order valence-electron chi connectivity index (χ0n) is 9.87. The molecule has 0 saturated carbocycles. The number of nitrogens with one attached hydrogen (secondary N) is 1. The molecule has 94 valence electrons. The summed E-state index contributed by atoms with van der Waals surface area (Å²) in [5.74, 6) is 0. The Morgan fingerprint density at radius 1 is 1.00 bits per heavy atom. The maximum Gasteiger partial charge on any atom is 0.0465 e. The van der Waals surface area contributed by atoms with Crippen molar-refractivity contribution in [3.05, 3.63) is 63.9 Å². The van der Waals surface area contributed by atoms with Gasteiger partial charge in [-0.1, -0.05) is 29.3 Å². The van der Waals surface area contributed by atoms with Crippen molar-refractivity contribution < 1.29 is 0 Å². The molecule has 0 aliphatic carbocycles. The van der Waals surface area contributed by atoms with Crippen LogP contribution in [0.4, 0.5) is 0 Å². The third-order valence-corrected chi connectivity index (χ3v) is 3.41. The largest absolute Gasteiger partial charge is 0.312 e. The Labute approximate surface area is 117 Å². The second kappa shape index (κ2) is 6.74. The van der Waals surface area contributed by atoms with Crippen LogP contribution < -0.4 is 5.32 Å². The van der Waals surface area contributed by atoms with Gasteiger partial charge in [0.15, 0.2) is 0 Å². The van der Waals surface area contributed by atoms with Crippen molar-refractivity contribution >= 4 is 23.2 Å². The molecule has 1 aromatic carbocycles. The van der Waals surface area contributed by atoms with Gasteiger partial charge in [0.1, 0.15) is 0 Å². The number of aromatic nitrogens is 1. The number of halogens is 2. The molecule has 2 nitrogen and oxygen atoms in total. The Bertz CT molecular complexity index is 480. The highest BCUT2D eigenvalue weighted by molar-refractivity contribution is 6.35. The average Bonchev–Trinajstić information content (AvgIpc) is 2.38. The fourth-order valence-electron chi connectivity index (χ4n) is 1.70. The van der Waals surface area contributed by atoms with Gasteiger partial charge in [0.2, 0.25) is 0 Å². The maximum absolute atomic E-state index is 6.09. The van der Waals surface area contributed by atoms with Gasteiger partial charge in [0, 0.05) is 34.5 Å². The lowest BCUT2D eigenvalue weighted by molar-refractivity contribution is 0.687. The number of hydrogen-bond donors (Lipinski definition) is 1. The van der Waals surface area contributed by atoms with Gasteiger partial charge >= 0.3 is 0 Å². The fourth-order valence-corrected chi connectivity index (χ4v) is 2.23. The molecule has 0 radical (unpaired) electrons. The average molecular weight is 281 g/mol. The van der Waals surface area contributed by atoms with Crippen LogP contribution in [0.25, 0.3) is 0 Å². The highest BCUT2D eigenvalue weighted by atomic mass is 35.5. The third kappa shape index (κ3) is 3.70. The molecule has 0 atom stereocenters. The number of benzene rings is 1. The first-order chi connectivity index (χ1) is 8.77. The first kappa shape index (κ1) is 13.3. The van der Waals surface area contributed by atoms with Crippen LogP contribution in [0.1, 0.15) is 11.1 Å². The molecule has 0 aliphatic heterocycles. The van der Waals surface area contributed by atoms with Crippen LogP contribution >= 0.6 is 23.2 Å². The van der Waals surface area contributed by atoms with Crippen LogP contribution in [0.15, 0.2) is 42.7 Å². The van der Waals surface area contributed by atoms with Crippen molar-refractivity contribution in [3.8, 4) is 0 Å². The van der Waals surface area contributed by atoms with E-state index in [1.165, 1.54) is 5.56 Å². The van der Waals surface area contributed by atoms with Gasteiger partial charge in [-0.25, -0.2) is 0 Å².